The van der Waals surface area contributed by atoms with Gasteiger partial charge in [-0.2, -0.15) is 4.31 Å². The minimum Gasteiger partial charge on any atom is -0.396 e. The second-order valence-corrected chi connectivity index (χ2v) is 9.38. The zero-order valence-corrected chi connectivity index (χ0v) is 15.9. The van der Waals surface area contributed by atoms with Crippen molar-refractivity contribution >= 4 is 10.0 Å². The molecule has 2 aliphatic heterocycles. The van der Waals surface area contributed by atoms with Crippen molar-refractivity contribution in [1.29, 1.82) is 0 Å². The molecule has 5 nitrogen and oxygen atoms in total. The van der Waals surface area contributed by atoms with E-state index in [4.69, 9.17) is 5.11 Å². The highest BCUT2D eigenvalue weighted by molar-refractivity contribution is 7.89. The van der Waals surface area contributed by atoms with E-state index in [0.29, 0.717) is 36.6 Å². The monoisotopic (exact) mass is 366 g/mol. The summed E-state index contributed by atoms with van der Waals surface area (Å²) in [4.78, 5) is 2.94. The van der Waals surface area contributed by atoms with E-state index in [0.717, 1.165) is 50.8 Å². The van der Waals surface area contributed by atoms with Gasteiger partial charge in [0, 0.05) is 25.7 Å². The van der Waals surface area contributed by atoms with Crippen LogP contribution in [0.1, 0.15) is 37.7 Å². The third kappa shape index (κ3) is 4.42. The first-order valence-corrected chi connectivity index (χ1v) is 10.9. The van der Waals surface area contributed by atoms with Gasteiger partial charge in [0.15, 0.2) is 0 Å². The van der Waals surface area contributed by atoms with Gasteiger partial charge in [-0.25, -0.2) is 8.42 Å². The molecule has 1 N–H and O–H groups in total. The summed E-state index contributed by atoms with van der Waals surface area (Å²) in [5, 5.41) is 9.07. The van der Waals surface area contributed by atoms with Crippen molar-refractivity contribution in [1.82, 2.24) is 9.21 Å². The first-order valence-electron chi connectivity index (χ1n) is 9.42. The number of aryl methyl sites for hydroxylation is 1. The number of hydrogen-bond acceptors (Lipinski definition) is 4. The molecule has 3 rings (SSSR count). The maximum Gasteiger partial charge on any atom is 0.243 e. The Bertz CT molecular complexity index is 661. The molecule has 1 aromatic carbocycles. The zero-order valence-electron chi connectivity index (χ0n) is 15.1. The van der Waals surface area contributed by atoms with Gasteiger partial charge in [-0.1, -0.05) is 12.1 Å². The van der Waals surface area contributed by atoms with Crippen LogP contribution in [0.15, 0.2) is 29.2 Å². The molecule has 2 heterocycles. The van der Waals surface area contributed by atoms with Gasteiger partial charge in [-0.15, -0.1) is 0 Å². The molecule has 0 amide bonds. The minimum atomic E-state index is -3.37. The van der Waals surface area contributed by atoms with Crippen molar-refractivity contribution in [3.05, 3.63) is 29.8 Å². The van der Waals surface area contributed by atoms with Crippen LogP contribution in [0.25, 0.3) is 0 Å². The van der Waals surface area contributed by atoms with Crippen LogP contribution in [0.5, 0.6) is 0 Å². The minimum absolute atomic E-state index is 0.292. The van der Waals surface area contributed by atoms with E-state index in [1.807, 2.05) is 19.1 Å². The van der Waals surface area contributed by atoms with Crippen LogP contribution in [-0.2, 0) is 10.0 Å². The van der Waals surface area contributed by atoms with E-state index >= 15 is 0 Å². The maximum atomic E-state index is 12.8. The van der Waals surface area contributed by atoms with Gasteiger partial charge in [-0.3, -0.25) is 0 Å². The number of hydrogen-bond donors (Lipinski definition) is 1. The van der Waals surface area contributed by atoms with E-state index in [1.165, 1.54) is 0 Å². The zero-order chi connectivity index (χ0) is 17.9. The molecule has 0 spiro atoms. The van der Waals surface area contributed by atoms with E-state index in [-0.39, 0.29) is 0 Å². The quantitative estimate of drug-likeness (QED) is 0.868. The van der Waals surface area contributed by atoms with Crippen molar-refractivity contribution in [2.75, 3.05) is 32.8 Å². The van der Waals surface area contributed by atoms with Crippen LogP contribution >= 0.6 is 0 Å². The Morgan fingerprint density at radius 3 is 2.36 bits per heavy atom. The summed E-state index contributed by atoms with van der Waals surface area (Å²) in [6, 6.07) is 7.68. The van der Waals surface area contributed by atoms with Gasteiger partial charge in [-0.05, 0) is 75.7 Å². The molecule has 6 heteroatoms. The average Bonchev–Trinajstić information content (AvgIpc) is 2.63. The molecule has 0 unspecified atom stereocenters. The fourth-order valence-electron chi connectivity index (χ4n) is 4.16. The predicted octanol–water partition coefficient (Wildman–Crippen LogP) is 2.24. The summed E-state index contributed by atoms with van der Waals surface area (Å²) in [7, 11) is -3.37. The molecular formula is C19H30N2O3S. The smallest absolute Gasteiger partial charge is 0.243 e. The topological polar surface area (TPSA) is 60.9 Å². The third-order valence-corrected chi connectivity index (χ3v) is 7.65. The van der Waals surface area contributed by atoms with Gasteiger partial charge in [0.05, 0.1) is 4.90 Å². The van der Waals surface area contributed by atoms with Crippen molar-refractivity contribution in [2.45, 2.75) is 50.0 Å². The van der Waals surface area contributed by atoms with Gasteiger partial charge in [0.1, 0.15) is 0 Å². The summed E-state index contributed by atoms with van der Waals surface area (Å²) in [6.45, 7) is 5.60. The molecule has 0 aliphatic carbocycles. The highest BCUT2D eigenvalue weighted by Crippen LogP contribution is 2.27. The van der Waals surface area contributed by atoms with Crippen molar-refractivity contribution in [3.63, 3.8) is 0 Å². The van der Waals surface area contributed by atoms with Crippen molar-refractivity contribution < 1.29 is 13.5 Å². The lowest BCUT2D eigenvalue weighted by Crippen LogP contribution is -2.49. The van der Waals surface area contributed by atoms with Crippen molar-refractivity contribution in [3.8, 4) is 0 Å². The van der Waals surface area contributed by atoms with Crippen LogP contribution in [0.2, 0.25) is 0 Å². The number of rotatable bonds is 5. The SMILES string of the molecule is Cc1cccc(S(=O)(=O)N2CCC(N3CCC(CCO)CC3)CC2)c1. The number of nitrogens with zero attached hydrogens (tertiary/aromatic N) is 2. The standard InChI is InChI=1S/C19H30N2O3S/c1-16-3-2-4-19(15-16)25(23,24)21-12-7-18(8-13-21)20-10-5-17(6-11-20)9-14-22/h2-4,15,17-18,22H,5-14H2,1H3. The lowest BCUT2D eigenvalue weighted by molar-refractivity contribution is 0.0894. The molecule has 0 aromatic heterocycles. The molecule has 0 saturated carbocycles. The van der Waals surface area contributed by atoms with Crippen LogP contribution in [0.4, 0.5) is 0 Å². The first-order chi connectivity index (χ1) is 12.0. The summed E-state index contributed by atoms with van der Waals surface area (Å²) in [6.07, 6.45) is 5.05. The first kappa shape index (κ1) is 18.8. The van der Waals surface area contributed by atoms with Crippen molar-refractivity contribution in [2.24, 2.45) is 5.92 Å². The summed E-state index contributed by atoms with van der Waals surface area (Å²) >= 11 is 0. The second kappa shape index (κ2) is 8.16. The van der Waals surface area contributed by atoms with E-state index in [9.17, 15) is 8.42 Å². The molecule has 0 radical (unpaired) electrons. The van der Waals surface area contributed by atoms with Gasteiger partial charge in [0.25, 0.3) is 0 Å². The van der Waals surface area contributed by atoms with Gasteiger partial charge >= 0.3 is 0 Å². The Morgan fingerprint density at radius 2 is 1.76 bits per heavy atom. The molecule has 1 aromatic rings. The number of likely N-dealkylation sites (tertiary alicyclic amines) is 1. The summed E-state index contributed by atoms with van der Waals surface area (Å²) < 4.78 is 27.3. The summed E-state index contributed by atoms with van der Waals surface area (Å²) in [5.41, 5.74) is 0.974. The number of benzene rings is 1. The number of aliphatic hydroxyl groups excluding tert-OH is 1. The normalized spacial score (nSPS) is 22.3. The Hall–Kier alpha value is -0.950. The lowest BCUT2D eigenvalue weighted by atomic mass is 9.92. The lowest BCUT2D eigenvalue weighted by Gasteiger charge is -2.41. The molecule has 0 bridgehead atoms. The Kier molecular flexibility index (Phi) is 6.15. The van der Waals surface area contributed by atoms with Crippen LogP contribution in [0.3, 0.4) is 0 Å². The largest absolute Gasteiger partial charge is 0.396 e. The third-order valence-electron chi connectivity index (χ3n) is 5.75. The fourth-order valence-corrected chi connectivity index (χ4v) is 5.74. The fraction of sp³-hybridized carbons (Fsp3) is 0.684. The van der Waals surface area contributed by atoms with Crippen LogP contribution in [-0.4, -0.2) is 61.6 Å². The Balaban J connectivity index is 1.55. The van der Waals surface area contributed by atoms with E-state index in [2.05, 4.69) is 4.90 Å². The molecule has 2 saturated heterocycles. The molecular weight excluding hydrogens is 336 g/mol. The van der Waals surface area contributed by atoms with Gasteiger partial charge < -0.3 is 10.0 Å². The molecule has 2 aliphatic rings. The van der Waals surface area contributed by atoms with Crippen LogP contribution in [0, 0.1) is 12.8 Å². The number of piperidine rings is 2. The summed E-state index contributed by atoms with van der Waals surface area (Å²) in [5.74, 6) is 0.656. The second-order valence-electron chi connectivity index (χ2n) is 7.44. The molecule has 140 valence electrons. The highest BCUT2D eigenvalue weighted by atomic mass is 32.2. The maximum absolute atomic E-state index is 12.8. The highest BCUT2D eigenvalue weighted by Gasteiger charge is 2.32. The van der Waals surface area contributed by atoms with E-state index < -0.39 is 10.0 Å². The van der Waals surface area contributed by atoms with Crippen LogP contribution < -0.4 is 0 Å². The number of sulfonamides is 1. The molecule has 25 heavy (non-hydrogen) atoms. The Morgan fingerprint density at radius 1 is 1.08 bits per heavy atom. The predicted molar refractivity (Wildman–Crippen MR) is 99.0 cm³/mol. The number of aliphatic hydroxyl groups is 1. The average molecular weight is 367 g/mol. The van der Waals surface area contributed by atoms with E-state index in [1.54, 1.807) is 16.4 Å². The molecule has 0 atom stereocenters. The van der Waals surface area contributed by atoms with Gasteiger partial charge in [0.2, 0.25) is 10.0 Å². The Labute approximate surface area is 151 Å². The molecule has 2 fully saturated rings.